The molecule has 0 unspecified atom stereocenters. The molecular weight excluding hydrogens is 456 g/mol. The van der Waals surface area contributed by atoms with Crippen LogP contribution in [0.1, 0.15) is 40.2 Å². The van der Waals surface area contributed by atoms with Crippen molar-refractivity contribution in [2.24, 2.45) is 5.92 Å². The van der Waals surface area contributed by atoms with Gasteiger partial charge < -0.3 is 15.3 Å². The molecule has 0 bridgehead atoms. The van der Waals surface area contributed by atoms with E-state index in [2.05, 4.69) is 43.3 Å². The lowest BCUT2D eigenvalue weighted by Crippen LogP contribution is -2.42. The number of amides is 2. The zero-order valence-corrected chi connectivity index (χ0v) is 21.4. The molecule has 0 saturated carbocycles. The summed E-state index contributed by atoms with van der Waals surface area (Å²) in [4.78, 5) is 39.2. The lowest BCUT2D eigenvalue weighted by molar-refractivity contribution is -0.130. The van der Waals surface area contributed by atoms with Crippen molar-refractivity contribution in [1.82, 2.24) is 30.0 Å². The molecule has 1 atom stereocenters. The Morgan fingerprint density at radius 3 is 2.61 bits per heavy atom. The van der Waals surface area contributed by atoms with Crippen LogP contribution in [0.3, 0.4) is 0 Å². The Morgan fingerprint density at radius 2 is 1.86 bits per heavy atom. The highest BCUT2D eigenvalue weighted by Gasteiger charge is 2.23. The molecule has 1 aromatic carbocycles. The summed E-state index contributed by atoms with van der Waals surface area (Å²) in [6.45, 7) is 4.67. The van der Waals surface area contributed by atoms with Crippen molar-refractivity contribution >= 4 is 11.8 Å². The Morgan fingerprint density at radius 1 is 1.11 bits per heavy atom. The van der Waals surface area contributed by atoms with Gasteiger partial charge in [-0.1, -0.05) is 24.3 Å². The van der Waals surface area contributed by atoms with E-state index in [1.54, 1.807) is 25.1 Å². The first kappa shape index (κ1) is 26.2. The first-order valence-corrected chi connectivity index (χ1v) is 12.9. The average Bonchev–Trinajstić information content (AvgIpc) is 2.88. The van der Waals surface area contributed by atoms with Crippen LogP contribution < -0.4 is 5.32 Å². The number of likely N-dealkylation sites (N-methyl/N-ethyl adjacent to an activating group) is 1. The van der Waals surface area contributed by atoms with Gasteiger partial charge in [-0.2, -0.15) is 0 Å². The van der Waals surface area contributed by atoms with Crippen molar-refractivity contribution < 1.29 is 14.7 Å². The zero-order valence-electron chi connectivity index (χ0n) is 21.4. The highest BCUT2D eigenvalue weighted by atomic mass is 16.3. The number of aliphatic hydroxyl groups is 1. The molecule has 9 heteroatoms. The summed E-state index contributed by atoms with van der Waals surface area (Å²) in [7, 11) is 3.57. The maximum Gasteiger partial charge on any atom is 0.270 e. The third-order valence-corrected chi connectivity index (χ3v) is 7.20. The lowest BCUT2D eigenvalue weighted by atomic mass is 9.92. The van der Waals surface area contributed by atoms with Crippen molar-refractivity contribution in [1.29, 1.82) is 0 Å². The summed E-state index contributed by atoms with van der Waals surface area (Å²) in [5.74, 6) is 0.308. The van der Waals surface area contributed by atoms with Crippen LogP contribution in [0.2, 0.25) is 0 Å². The van der Waals surface area contributed by atoms with E-state index < -0.39 is 6.10 Å². The van der Waals surface area contributed by atoms with Gasteiger partial charge in [-0.3, -0.25) is 19.4 Å². The van der Waals surface area contributed by atoms with E-state index in [4.69, 9.17) is 0 Å². The SMILES string of the molecule is CN(C)C(=O)CN1CCC(Cc2cc(C(=O)NC[C@H](O)CN3CCc4ccccc4C3)ncn2)CC1. The van der Waals surface area contributed by atoms with Gasteiger partial charge in [0.05, 0.1) is 12.6 Å². The molecule has 4 rings (SSSR count). The van der Waals surface area contributed by atoms with E-state index >= 15 is 0 Å². The number of nitrogens with one attached hydrogen (secondary N) is 1. The fraction of sp³-hybridized carbons (Fsp3) is 0.556. The maximum absolute atomic E-state index is 12.7. The smallest absolute Gasteiger partial charge is 0.270 e. The quantitative estimate of drug-likeness (QED) is 0.536. The van der Waals surface area contributed by atoms with E-state index in [9.17, 15) is 14.7 Å². The number of hydrogen-bond donors (Lipinski definition) is 2. The molecule has 2 aromatic rings. The summed E-state index contributed by atoms with van der Waals surface area (Å²) in [5.41, 5.74) is 3.86. The standard InChI is InChI=1S/C27H38N6O3/c1-31(2)26(35)18-32-10-7-20(8-11-32)13-23-14-25(30-19-29-23)27(36)28-15-24(34)17-33-12-9-21-5-3-4-6-22(21)16-33/h3-6,14,19-20,24,34H,7-13,15-18H2,1-2H3,(H,28,36)/t24-/m0/s1. The third kappa shape index (κ3) is 7.32. The number of benzene rings is 1. The van der Waals surface area contributed by atoms with Gasteiger partial charge in [0.2, 0.25) is 5.91 Å². The monoisotopic (exact) mass is 494 g/mol. The summed E-state index contributed by atoms with van der Waals surface area (Å²) in [5, 5.41) is 13.3. The van der Waals surface area contributed by atoms with Crippen LogP contribution in [0.5, 0.6) is 0 Å². The van der Waals surface area contributed by atoms with Crippen molar-refractivity contribution in [3.63, 3.8) is 0 Å². The van der Waals surface area contributed by atoms with Crippen LogP contribution in [-0.2, 0) is 24.2 Å². The Bertz CT molecular complexity index is 1040. The molecule has 0 aliphatic carbocycles. The van der Waals surface area contributed by atoms with E-state index in [0.29, 0.717) is 24.7 Å². The molecule has 194 valence electrons. The highest BCUT2D eigenvalue weighted by molar-refractivity contribution is 5.92. The molecule has 2 amide bonds. The van der Waals surface area contributed by atoms with Gasteiger partial charge in [0.1, 0.15) is 12.0 Å². The number of piperidine rings is 1. The molecular formula is C27H38N6O3. The van der Waals surface area contributed by atoms with Crippen LogP contribution in [0.4, 0.5) is 0 Å². The van der Waals surface area contributed by atoms with E-state index in [1.807, 2.05) is 6.07 Å². The van der Waals surface area contributed by atoms with Crippen molar-refractivity contribution in [3.05, 3.63) is 59.2 Å². The van der Waals surface area contributed by atoms with E-state index in [1.165, 1.54) is 17.5 Å². The van der Waals surface area contributed by atoms with Crippen molar-refractivity contribution in [2.75, 3.05) is 53.4 Å². The molecule has 2 N–H and O–H groups in total. The van der Waals surface area contributed by atoms with Gasteiger partial charge >= 0.3 is 0 Å². The minimum absolute atomic E-state index is 0.131. The van der Waals surface area contributed by atoms with E-state index in [-0.39, 0.29) is 18.4 Å². The third-order valence-electron chi connectivity index (χ3n) is 7.20. The number of carbonyl (C=O) groups excluding carboxylic acids is 2. The van der Waals surface area contributed by atoms with Crippen molar-refractivity contribution in [2.45, 2.75) is 38.3 Å². The van der Waals surface area contributed by atoms with Crippen LogP contribution in [0.25, 0.3) is 0 Å². The molecule has 0 spiro atoms. The Kier molecular flexibility index (Phi) is 9.01. The largest absolute Gasteiger partial charge is 0.390 e. The van der Waals surface area contributed by atoms with E-state index in [0.717, 1.165) is 57.6 Å². The molecule has 3 heterocycles. The van der Waals surface area contributed by atoms with Crippen molar-refractivity contribution in [3.8, 4) is 0 Å². The zero-order chi connectivity index (χ0) is 25.5. The van der Waals surface area contributed by atoms with Gasteiger partial charge in [0.15, 0.2) is 0 Å². The topological polar surface area (TPSA) is 102 Å². The van der Waals surface area contributed by atoms with Gasteiger partial charge in [0.25, 0.3) is 5.91 Å². The summed E-state index contributed by atoms with van der Waals surface area (Å²) < 4.78 is 0. The molecule has 2 aliphatic heterocycles. The maximum atomic E-state index is 12.7. The minimum atomic E-state index is -0.648. The number of aliphatic hydroxyl groups excluding tert-OH is 1. The number of hydrogen-bond acceptors (Lipinski definition) is 7. The lowest BCUT2D eigenvalue weighted by Gasteiger charge is -2.32. The fourth-order valence-electron chi connectivity index (χ4n) is 4.98. The van der Waals surface area contributed by atoms with Crippen LogP contribution in [0.15, 0.2) is 36.7 Å². The number of β-amino-alcohol motifs (C(OH)–C–C–N with tert-alkyl or cyclic N) is 1. The fourth-order valence-corrected chi connectivity index (χ4v) is 4.98. The Hall–Kier alpha value is -2.88. The Balaban J connectivity index is 1.20. The number of carbonyl (C=O) groups is 2. The molecule has 1 saturated heterocycles. The highest BCUT2D eigenvalue weighted by Crippen LogP contribution is 2.21. The van der Waals surface area contributed by atoms with Gasteiger partial charge in [-0.25, -0.2) is 9.97 Å². The Labute approximate surface area is 213 Å². The summed E-state index contributed by atoms with van der Waals surface area (Å²) in [6, 6.07) is 10.2. The molecule has 1 aromatic heterocycles. The first-order chi connectivity index (χ1) is 17.4. The molecule has 0 radical (unpaired) electrons. The number of fused-ring (bicyclic) bond motifs is 1. The minimum Gasteiger partial charge on any atom is -0.390 e. The predicted molar refractivity (Wildman–Crippen MR) is 137 cm³/mol. The molecule has 9 nitrogen and oxygen atoms in total. The van der Waals surface area contributed by atoms with Crippen LogP contribution in [-0.4, -0.2) is 101 Å². The number of aromatic nitrogens is 2. The number of nitrogens with zero attached hydrogens (tertiary/aromatic N) is 5. The van der Waals surface area contributed by atoms with Crippen LogP contribution in [0, 0.1) is 5.92 Å². The van der Waals surface area contributed by atoms with Gasteiger partial charge in [-0.15, -0.1) is 0 Å². The molecule has 1 fully saturated rings. The van der Waals surface area contributed by atoms with Gasteiger partial charge in [-0.05, 0) is 61.9 Å². The van der Waals surface area contributed by atoms with Crippen LogP contribution >= 0.6 is 0 Å². The normalized spacial score (nSPS) is 17.9. The van der Waals surface area contributed by atoms with Gasteiger partial charge in [0, 0.05) is 46.0 Å². The second-order valence-corrected chi connectivity index (χ2v) is 10.2. The summed E-state index contributed by atoms with van der Waals surface area (Å²) in [6.07, 6.45) is 4.56. The number of likely N-dealkylation sites (tertiary alicyclic amines) is 1. The first-order valence-electron chi connectivity index (χ1n) is 12.9. The average molecular weight is 495 g/mol. The number of rotatable bonds is 9. The summed E-state index contributed by atoms with van der Waals surface area (Å²) >= 11 is 0. The molecule has 36 heavy (non-hydrogen) atoms. The predicted octanol–water partition coefficient (Wildman–Crippen LogP) is 0.968. The second kappa shape index (κ2) is 12.4. The molecule has 2 aliphatic rings. The second-order valence-electron chi connectivity index (χ2n) is 10.2.